The van der Waals surface area contributed by atoms with Gasteiger partial charge in [0.15, 0.2) is 11.4 Å². The van der Waals surface area contributed by atoms with E-state index in [1.807, 2.05) is 0 Å². The number of nitrogens with one attached hydrogen (secondary N) is 1. The minimum absolute atomic E-state index is 0.0374. The highest BCUT2D eigenvalue weighted by atomic mass is 35.5. The van der Waals surface area contributed by atoms with E-state index in [2.05, 4.69) is 5.16 Å². The highest BCUT2D eigenvalue weighted by Gasteiger charge is 2.38. The summed E-state index contributed by atoms with van der Waals surface area (Å²) < 4.78 is 56.6. The third kappa shape index (κ3) is 8.17. The molecule has 1 atom stereocenters. The van der Waals surface area contributed by atoms with Crippen LogP contribution in [0.4, 0.5) is 17.6 Å². The Bertz CT molecular complexity index is 1350. The van der Waals surface area contributed by atoms with Crippen LogP contribution in [0.1, 0.15) is 53.7 Å². The number of benzene rings is 2. The number of carbonyl (C=O) groups excluding carboxylic acids is 3. The molecular weight excluding hydrogens is 593 g/mol. The zero-order valence-corrected chi connectivity index (χ0v) is 23.8. The number of oxime groups is 1. The van der Waals surface area contributed by atoms with Crippen LogP contribution in [-0.4, -0.2) is 60.8 Å². The molecule has 0 saturated carbocycles. The lowest BCUT2D eigenvalue weighted by Crippen LogP contribution is -2.46. The number of aryl methyl sites for hydroxylation is 1. The summed E-state index contributed by atoms with van der Waals surface area (Å²) in [6, 6.07) is 7.41. The molecule has 41 heavy (non-hydrogen) atoms. The number of nitrogens with zero attached hydrogens (tertiary/aromatic N) is 2. The van der Waals surface area contributed by atoms with Crippen molar-refractivity contribution in [2.24, 2.45) is 5.16 Å². The summed E-state index contributed by atoms with van der Waals surface area (Å²) >= 11 is 11.9. The van der Waals surface area contributed by atoms with Crippen LogP contribution >= 0.6 is 23.2 Å². The van der Waals surface area contributed by atoms with E-state index in [0.717, 1.165) is 0 Å². The van der Waals surface area contributed by atoms with Gasteiger partial charge in [-0.3, -0.25) is 19.3 Å². The highest BCUT2D eigenvalue weighted by molar-refractivity contribution is 6.35. The van der Waals surface area contributed by atoms with Crippen molar-refractivity contribution in [3.8, 4) is 0 Å². The lowest BCUT2D eigenvalue weighted by Gasteiger charge is -2.23. The average Bonchev–Trinajstić information content (AvgIpc) is 3.31. The van der Waals surface area contributed by atoms with Crippen LogP contribution in [0.15, 0.2) is 35.5 Å². The zero-order valence-electron chi connectivity index (χ0n) is 22.3. The molecule has 3 amide bonds. The maximum atomic E-state index is 13.9. The van der Waals surface area contributed by atoms with Gasteiger partial charge in [-0.1, -0.05) is 34.4 Å². The molecule has 2 aromatic rings. The standard InChI is InChI=1S/C27H27Cl2F4N3O5/c1-4-40-8-7-23(38)36(13-22(37)34-14-27(31,32)33)25(39)18-6-5-16(9-15(18)2)21-12-26(3,41-35-21)17-10-19(28)24(30)20(29)11-17/h5-6,9-11H,4,7-8,12-14H2,1-3H3,(H,34,37). The summed E-state index contributed by atoms with van der Waals surface area (Å²) in [5.41, 5.74) is 1.05. The third-order valence-corrected chi connectivity index (χ3v) is 6.79. The van der Waals surface area contributed by atoms with E-state index in [-0.39, 0.29) is 35.1 Å². The molecule has 8 nitrogen and oxygen atoms in total. The third-order valence-electron chi connectivity index (χ3n) is 6.24. The van der Waals surface area contributed by atoms with E-state index in [4.69, 9.17) is 32.8 Å². The number of ether oxygens (including phenoxy) is 1. The lowest BCUT2D eigenvalue weighted by molar-refractivity contribution is -0.141. The molecule has 222 valence electrons. The quantitative estimate of drug-likeness (QED) is 0.213. The molecule has 3 rings (SSSR count). The van der Waals surface area contributed by atoms with Crippen LogP contribution in [0.25, 0.3) is 0 Å². The van der Waals surface area contributed by atoms with E-state index in [1.54, 1.807) is 38.2 Å². The van der Waals surface area contributed by atoms with Crippen molar-refractivity contribution < 1.29 is 41.5 Å². The van der Waals surface area contributed by atoms with Gasteiger partial charge in [-0.25, -0.2) is 4.39 Å². The van der Waals surface area contributed by atoms with Crippen LogP contribution in [-0.2, 0) is 24.8 Å². The maximum Gasteiger partial charge on any atom is 0.405 e. The fourth-order valence-electron chi connectivity index (χ4n) is 4.05. The number of halogens is 6. The second-order valence-electron chi connectivity index (χ2n) is 9.44. The number of amides is 3. The van der Waals surface area contributed by atoms with Crippen molar-refractivity contribution in [1.29, 1.82) is 0 Å². The van der Waals surface area contributed by atoms with Gasteiger partial charge in [-0.05, 0) is 56.2 Å². The molecule has 1 unspecified atom stereocenters. The largest absolute Gasteiger partial charge is 0.405 e. The van der Waals surface area contributed by atoms with Gasteiger partial charge in [0.05, 0.1) is 28.8 Å². The van der Waals surface area contributed by atoms with Gasteiger partial charge >= 0.3 is 6.18 Å². The zero-order chi connectivity index (χ0) is 30.5. The molecule has 0 bridgehead atoms. The Kier molecular flexibility index (Phi) is 10.4. The summed E-state index contributed by atoms with van der Waals surface area (Å²) in [6.45, 7) is 2.79. The number of imide groups is 1. The smallest absolute Gasteiger partial charge is 0.384 e. The SMILES string of the molecule is CCOCCC(=O)N(CC(=O)NCC(F)(F)F)C(=O)c1ccc(C2=NOC(C)(c3cc(Cl)c(F)c(Cl)c3)C2)cc1C. The minimum atomic E-state index is -4.66. The van der Waals surface area contributed by atoms with E-state index in [9.17, 15) is 31.9 Å². The van der Waals surface area contributed by atoms with Crippen molar-refractivity contribution in [2.45, 2.75) is 45.4 Å². The number of carbonyl (C=O) groups is 3. The number of hydrogen-bond donors (Lipinski definition) is 1. The van der Waals surface area contributed by atoms with Gasteiger partial charge in [0.1, 0.15) is 13.1 Å². The number of alkyl halides is 3. The Hall–Kier alpha value is -3.22. The number of rotatable bonds is 10. The molecule has 0 radical (unpaired) electrons. The van der Waals surface area contributed by atoms with E-state index < -0.39 is 48.4 Å². The van der Waals surface area contributed by atoms with Crippen molar-refractivity contribution in [3.05, 3.63) is 68.4 Å². The van der Waals surface area contributed by atoms with Gasteiger partial charge in [-0.2, -0.15) is 13.2 Å². The minimum Gasteiger partial charge on any atom is -0.384 e. The first-order valence-electron chi connectivity index (χ1n) is 12.4. The highest BCUT2D eigenvalue weighted by Crippen LogP contribution is 2.39. The van der Waals surface area contributed by atoms with Crippen molar-refractivity contribution >= 4 is 46.6 Å². The Balaban J connectivity index is 1.80. The fourth-order valence-corrected chi connectivity index (χ4v) is 4.54. The summed E-state index contributed by atoms with van der Waals surface area (Å²) in [6.07, 6.45) is -4.67. The first-order valence-corrected chi connectivity index (χ1v) is 13.2. The molecule has 1 heterocycles. The van der Waals surface area contributed by atoms with Crippen molar-refractivity contribution in [3.63, 3.8) is 0 Å². The van der Waals surface area contributed by atoms with Crippen molar-refractivity contribution in [2.75, 3.05) is 26.3 Å². The molecule has 2 aromatic carbocycles. The summed E-state index contributed by atoms with van der Waals surface area (Å²) in [5, 5.41) is 5.47. The lowest BCUT2D eigenvalue weighted by atomic mass is 9.88. The molecule has 0 aliphatic carbocycles. The topological polar surface area (TPSA) is 97.3 Å². The molecule has 1 aliphatic rings. The monoisotopic (exact) mass is 619 g/mol. The molecule has 14 heteroatoms. The summed E-state index contributed by atoms with van der Waals surface area (Å²) in [7, 11) is 0. The van der Waals surface area contributed by atoms with E-state index >= 15 is 0 Å². The van der Waals surface area contributed by atoms with Crippen LogP contribution in [0.2, 0.25) is 10.0 Å². The molecule has 1 N–H and O–H groups in total. The number of hydrogen-bond acceptors (Lipinski definition) is 6. The molecule has 0 fully saturated rings. The maximum absolute atomic E-state index is 13.9. The molecule has 1 aliphatic heterocycles. The predicted molar refractivity (Wildman–Crippen MR) is 143 cm³/mol. The predicted octanol–water partition coefficient (Wildman–Crippen LogP) is 5.55. The van der Waals surface area contributed by atoms with Gasteiger partial charge in [-0.15, -0.1) is 0 Å². The summed E-state index contributed by atoms with van der Waals surface area (Å²) in [4.78, 5) is 44.5. The van der Waals surface area contributed by atoms with E-state index in [1.165, 1.54) is 18.2 Å². The Labute approximate surface area is 243 Å². The first-order chi connectivity index (χ1) is 19.1. The Morgan fingerprint density at radius 2 is 1.83 bits per heavy atom. The second kappa shape index (κ2) is 13.2. The van der Waals surface area contributed by atoms with E-state index in [0.29, 0.717) is 33.9 Å². The molecular formula is C27H27Cl2F4N3O5. The van der Waals surface area contributed by atoms with Gasteiger partial charge in [0.25, 0.3) is 5.91 Å². The second-order valence-corrected chi connectivity index (χ2v) is 10.3. The molecule has 0 saturated heterocycles. The fraction of sp³-hybridized carbons (Fsp3) is 0.407. The Morgan fingerprint density at radius 3 is 2.41 bits per heavy atom. The van der Waals surface area contributed by atoms with Gasteiger partial charge in [0.2, 0.25) is 11.8 Å². The van der Waals surface area contributed by atoms with Crippen LogP contribution < -0.4 is 5.32 Å². The normalized spacial score (nSPS) is 16.7. The van der Waals surface area contributed by atoms with Crippen LogP contribution in [0, 0.1) is 12.7 Å². The molecule has 0 aromatic heterocycles. The summed E-state index contributed by atoms with van der Waals surface area (Å²) in [5.74, 6) is -3.54. The van der Waals surface area contributed by atoms with Gasteiger partial charge in [0, 0.05) is 24.2 Å². The van der Waals surface area contributed by atoms with Crippen molar-refractivity contribution in [1.82, 2.24) is 10.2 Å². The first kappa shape index (κ1) is 32.3. The Morgan fingerprint density at radius 1 is 1.17 bits per heavy atom. The average molecular weight is 620 g/mol. The molecule has 0 spiro atoms. The van der Waals surface area contributed by atoms with Gasteiger partial charge < -0.3 is 14.9 Å². The van der Waals surface area contributed by atoms with Crippen LogP contribution in [0.5, 0.6) is 0 Å². The van der Waals surface area contributed by atoms with Crippen LogP contribution in [0.3, 0.4) is 0 Å².